The van der Waals surface area contributed by atoms with E-state index in [2.05, 4.69) is 0 Å². The summed E-state index contributed by atoms with van der Waals surface area (Å²) in [6, 6.07) is 28.4. The van der Waals surface area contributed by atoms with Crippen LogP contribution < -0.4 is 5.63 Å². The number of aromatic nitrogens is 2. The van der Waals surface area contributed by atoms with Gasteiger partial charge in [-0.25, -0.2) is 9.48 Å². The van der Waals surface area contributed by atoms with Gasteiger partial charge in [0.05, 0.1) is 11.4 Å². The largest absolute Gasteiger partial charge is 0.422 e. The standard InChI is InChI=1S/C27H21N3O3/c1-29(26(31)23-16-20-12-8-9-15-24(20)33-27(23)32)17-21-18-30(22-13-6-3-7-14-22)28-25(21)19-10-4-2-5-11-19/h2-16,18H,17H2,1H3. The molecule has 0 aliphatic carbocycles. The van der Waals surface area contributed by atoms with Gasteiger partial charge in [0.25, 0.3) is 5.91 Å². The van der Waals surface area contributed by atoms with Crippen LogP contribution in [0.3, 0.4) is 0 Å². The number of hydrogen-bond acceptors (Lipinski definition) is 4. The quantitative estimate of drug-likeness (QED) is 0.368. The fourth-order valence-electron chi connectivity index (χ4n) is 3.82. The van der Waals surface area contributed by atoms with Crippen molar-refractivity contribution in [3.8, 4) is 16.9 Å². The zero-order valence-corrected chi connectivity index (χ0v) is 18.0. The molecule has 5 rings (SSSR count). The molecule has 0 bridgehead atoms. The highest BCUT2D eigenvalue weighted by atomic mass is 16.4. The third kappa shape index (κ3) is 4.06. The van der Waals surface area contributed by atoms with Crippen LogP contribution in [-0.4, -0.2) is 27.6 Å². The highest BCUT2D eigenvalue weighted by Gasteiger charge is 2.21. The lowest BCUT2D eigenvalue weighted by atomic mass is 10.1. The van der Waals surface area contributed by atoms with E-state index in [1.54, 1.807) is 29.9 Å². The Hall–Kier alpha value is -4.45. The zero-order chi connectivity index (χ0) is 22.8. The number of amides is 1. The lowest BCUT2D eigenvalue weighted by molar-refractivity contribution is 0.0781. The summed E-state index contributed by atoms with van der Waals surface area (Å²) in [4.78, 5) is 27.2. The summed E-state index contributed by atoms with van der Waals surface area (Å²) in [5, 5.41) is 5.50. The van der Waals surface area contributed by atoms with Crippen molar-refractivity contribution in [3.05, 3.63) is 119 Å². The van der Waals surface area contributed by atoms with Crippen molar-refractivity contribution in [3.63, 3.8) is 0 Å². The maximum absolute atomic E-state index is 13.2. The summed E-state index contributed by atoms with van der Waals surface area (Å²) < 4.78 is 7.16. The van der Waals surface area contributed by atoms with Crippen molar-refractivity contribution in [2.45, 2.75) is 6.54 Å². The predicted molar refractivity (Wildman–Crippen MR) is 127 cm³/mol. The second-order valence-corrected chi connectivity index (χ2v) is 7.80. The van der Waals surface area contributed by atoms with Crippen molar-refractivity contribution in [1.82, 2.24) is 14.7 Å². The predicted octanol–water partition coefficient (Wildman–Crippen LogP) is 4.92. The molecule has 0 N–H and O–H groups in total. The molecule has 0 unspecified atom stereocenters. The van der Waals surface area contributed by atoms with Gasteiger partial charge in [-0.15, -0.1) is 0 Å². The molecule has 5 aromatic rings. The lowest BCUT2D eigenvalue weighted by Crippen LogP contribution is -2.30. The number of fused-ring (bicyclic) bond motifs is 1. The first kappa shape index (κ1) is 20.5. The normalized spacial score (nSPS) is 10.9. The van der Waals surface area contributed by atoms with Crippen molar-refractivity contribution < 1.29 is 9.21 Å². The Morgan fingerprint density at radius 2 is 1.61 bits per heavy atom. The van der Waals surface area contributed by atoms with Gasteiger partial charge in [-0.05, 0) is 24.3 Å². The summed E-state index contributed by atoms with van der Waals surface area (Å²) in [7, 11) is 1.67. The fourth-order valence-corrected chi connectivity index (χ4v) is 3.82. The van der Waals surface area contributed by atoms with Crippen LogP contribution in [0.1, 0.15) is 15.9 Å². The average Bonchev–Trinajstić information content (AvgIpc) is 3.28. The molecule has 1 amide bonds. The molecule has 6 nitrogen and oxygen atoms in total. The van der Waals surface area contributed by atoms with Crippen LogP contribution in [-0.2, 0) is 6.54 Å². The van der Waals surface area contributed by atoms with Crippen LogP contribution in [0, 0.1) is 0 Å². The molecule has 162 valence electrons. The minimum absolute atomic E-state index is 0.00733. The second kappa shape index (κ2) is 8.59. The molecule has 2 aromatic heterocycles. The Kier molecular flexibility index (Phi) is 5.32. The van der Waals surface area contributed by atoms with Crippen LogP contribution in [0.4, 0.5) is 0 Å². The minimum Gasteiger partial charge on any atom is -0.422 e. The Morgan fingerprint density at radius 3 is 2.36 bits per heavy atom. The Morgan fingerprint density at radius 1 is 0.939 bits per heavy atom. The Labute approximate surface area is 190 Å². The third-order valence-corrected chi connectivity index (χ3v) is 5.48. The van der Waals surface area contributed by atoms with Gasteiger partial charge < -0.3 is 9.32 Å². The van der Waals surface area contributed by atoms with Crippen molar-refractivity contribution >= 4 is 16.9 Å². The van der Waals surface area contributed by atoms with E-state index in [0.29, 0.717) is 11.0 Å². The van der Waals surface area contributed by atoms with Crippen molar-refractivity contribution in [2.75, 3.05) is 7.05 Å². The van der Waals surface area contributed by atoms with Gasteiger partial charge in [-0.2, -0.15) is 5.10 Å². The smallest absolute Gasteiger partial charge is 0.349 e. The van der Waals surface area contributed by atoms with Crippen LogP contribution in [0.25, 0.3) is 27.9 Å². The number of carbonyl (C=O) groups is 1. The molecule has 2 heterocycles. The summed E-state index contributed by atoms with van der Waals surface area (Å²) in [6.07, 6.45) is 1.92. The Balaban J connectivity index is 1.50. The fraction of sp³-hybridized carbons (Fsp3) is 0.0741. The van der Waals surface area contributed by atoms with Gasteiger partial charge in [0.2, 0.25) is 0 Å². The molecule has 0 fully saturated rings. The highest BCUT2D eigenvalue weighted by Crippen LogP contribution is 2.25. The first-order valence-corrected chi connectivity index (χ1v) is 10.6. The number of para-hydroxylation sites is 2. The number of hydrogen-bond donors (Lipinski definition) is 0. The van der Waals surface area contributed by atoms with Crippen LogP contribution in [0.2, 0.25) is 0 Å². The minimum atomic E-state index is -0.645. The molecular weight excluding hydrogens is 414 g/mol. The second-order valence-electron chi connectivity index (χ2n) is 7.80. The van der Waals surface area contributed by atoms with Gasteiger partial charge in [-0.1, -0.05) is 66.7 Å². The molecule has 0 saturated heterocycles. The van der Waals surface area contributed by atoms with E-state index in [0.717, 1.165) is 22.5 Å². The third-order valence-electron chi connectivity index (χ3n) is 5.48. The SMILES string of the molecule is CN(Cc1cn(-c2ccccc2)nc1-c1ccccc1)C(=O)c1cc2ccccc2oc1=O. The maximum Gasteiger partial charge on any atom is 0.349 e. The number of benzene rings is 3. The molecule has 0 radical (unpaired) electrons. The summed E-state index contributed by atoms with van der Waals surface area (Å²) in [6.45, 7) is 0.280. The molecular formula is C27H21N3O3. The number of rotatable bonds is 5. The van der Waals surface area contributed by atoms with E-state index in [1.807, 2.05) is 79.0 Å². The molecule has 33 heavy (non-hydrogen) atoms. The van der Waals surface area contributed by atoms with E-state index in [9.17, 15) is 9.59 Å². The molecule has 0 aliphatic rings. The molecule has 3 aromatic carbocycles. The molecule has 0 spiro atoms. The van der Waals surface area contributed by atoms with E-state index >= 15 is 0 Å². The molecule has 6 heteroatoms. The topological polar surface area (TPSA) is 68.3 Å². The van der Waals surface area contributed by atoms with Gasteiger partial charge in [0.15, 0.2) is 0 Å². The first-order valence-electron chi connectivity index (χ1n) is 10.6. The maximum atomic E-state index is 13.2. The summed E-state index contributed by atoms with van der Waals surface area (Å²) in [5.74, 6) is -0.402. The van der Waals surface area contributed by atoms with Crippen LogP contribution in [0.15, 0.2) is 106 Å². The molecule has 0 atom stereocenters. The van der Waals surface area contributed by atoms with Gasteiger partial charge in [0, 0.05) is 36.3 Å². The molecule has 0 saturated carbocycles. The van der Waals surface area contributed by atoms with E-state index in [4.69, 9.17) is 9.52 Å². The van der Waals surface area contributed by atoms with Gasteiger partial charge >= 0.3 is 5.63 Å². The van der Waals surface area contributed by atoms with Crippen LogP contribution >= 0.6 is 0 Å². The van der Waals surface area contributed by atoms with E-state index in [-0.39, 0.29) is 12.1 Å². The number of carbonyl (C=O) groups excluding carboxylic acids is 1. The highest BCUT2D eigenvalue weighted by molar-refractivity contribution is 5.96. The summed E-state index contributed by atoms with van der Waals surface area (Å²) >= 11 is 0. The lowest BCUT2D eigenvalue weighted by Gasteiger charge is -2.16. The number of nitrogens with zero attached hydrogens (tertiary/aromatic N) is 3. The van der Waals surface area contributed by atoms with Crippen molar-refractivity contribution in [2.24, 2.45) is 0 Å². The average molecular weight is 435 g/mol. The molecule has 0 aliphatic heterocycles. The van der Waals surface area contributed by atoms with Crippen molar-refractivity contribution in [1.29, 1.82) is 0 Å². The van der Waals surface area contributed by atoms with Gasteiger partial charge in [0.1, 0.15) is 11.1 Å². The first-order chi connectivity index (χ1) is 16.1. The Bertz CT molecular complexity index is 1490. The van der Waals surface area contributed by atoms with E-state index < -0.39 is 11.5 Å². The zero-order valence-electron chi connectivity index (χ0n) is 18.0. The van der Waals surface area contributed by atoms with E-state index in [1.165, 1.54) is 4.90 Å². The monoisotopic (exact) mass is 435 g/mol. The summed E-state index contributed by atoms with van der Waals surface area (Å²) in [5.41, 5.74) is 3.34. The van der Waals surface area contributed by atoms with Crippen LogP contribution in [0.5, 0.6) is 0 Å². The van der Waals surface area contributed by atoms with Gasteiger partial charge in [-0.3, -0.25) is 4.79 Å².